The van der Waals surface area contributed by atoms with Gasteiger partial charge in [0.15, 0.2) is 0 Å². The average Bonchev–Trinajstić information content (AvgIpc) is 2.46. The number of hydrogen-bond acceptors (Lipinski definition) is 3. The van der Waals surface area contributed by atoms with Crippen LogP contribution in [0, 0.1) is 5.82 Å². The van der Waals surface area contributed by atoms with Crippen LogP contribution in [0.2, 0.25) is 0 Å². The zero-order valence-corrected chi connectivity index (χ0v) is 12.7. The number of rotatable bonds is 9. The van der Waals surface area contributed by atoms with Crippen LogP contribution in [-0.4, -0.2) is 36.8 Å². The van der Waals surface area contributed by atoms with Gasteiger partial charge in [-0.25, -0.2) is 4.39 Å². The number of nitrogens with zero attached hydrogens (tertiary/aromatic N) is 1. The Morgan fingerprint density at radius 3 is 2.65 bits per heavy atom. The Morgan fingerprint density at radius 1 is 1.30 bits per heavy atom. The van der Waals surface area contributed by atoms with Gasteiger partial charge in [-0.2, -0.15) is 0 Å². The van der Waals surface area contributed by atoms with Crippen molar-refractivity contribution in [3.63, 3.8) is 0 Å². The van der Waals surface area contributed by atoms with E-state index in [0.29, 0.717) is 12.2 Å². The molecule has 0 spiro atoms. The maximum absolute atomic E-state index is 13.8. The molecule has 20 heavy (non-hydrogen) atoms. The van der Waals surface area contributed by atoms with Crippen molar-refractivity contribution < 1.29 is 14.2 Å². The molecule has 0 bridgehead atoms. The van der Waals surface area contributed by atoms with Crippen molar-refractivity contribution in [1.29, 1.82) is 0 Å². The number of hydrogen-bond donors (Lipinski definition) is 1. The fraction of sp³-hybridized carbons (Fsp3) is 0.625. The van der Waals surface area contributed by atoms with Crippen molar-refractivity contribution in [2.45, 2.75) is 39.2 Å². The van der Waals surface area contributed by atoms with Crippen LogP contribution in [0.1, 0.15) is 44.8 Å². The number of aliphatic hydroxyl groups excluding tert-OH is 1. The zero-order valence-electron chi connectivity index (χ0n) is 12.7. The van der Waals surface area contributed by atoms with E-state index in [1.54, 1.807) is 12.1 Å². The van der Waals surface area contributed by atoms with Gasteiger partial charge >= 0.3 is 0 Å². The summed E-state index contributed by atoms with van der Waals surface area (Å²) in [6, 6.07) is 4.62. The molecule has 4 heteroatoms. The molecule has 0 aliphatic rings. The Labute approximate surface area is 121 Å². The fourth-order valence-corrected chi connectivity index (χ4v) is 2.28. The summed E-state index contributed by atoms with van der Waals surface area (Å²) in [6.07, 6.45) is 1.98. The molecule has 114 valence electrons. The normalized spacial score (nSPS) is 12.7. The highest BCUT2D eigenvalue weighted by Crippen LogP contribution is 2.29. The summed E-state index contributed by atoms with van der Waals surface area (Å²) in [5.41, 5.74) is 0.265. The standard InChI is InChI=1S/C16H26FNO2/c1-4-6-11-18(5-2)12-10-14(19)16-13(17)8-7-9-15(16)20-3/h7-9,14,19H,4-6,10-12H2,1-3H3. The monoisotopic (exact) mass is 283 g/mol. The number of ether oxygens (including phenoxy) is 1. The summed E-state index contributed by atoms with van der Waals surface area (Å²) in [7, 11) is 1.49. The maximum Gasteiger partial charge on any atom is 0.132 e. The first kappa shape index (κ1) is 16.9. The van der Waals surface area contributed by atoms with E-state index >= 15 is 0 Å². The minimum atomic E-state index is -0.832. The minimum absolute atomic E-state index is 0.265. The van der Waals surface area contributed by atoms with Gasteiger partial charge in [0.2, 0.25) is 0 Å². The van der Waals surface area contributed by atoms with Crippen molar-refractivity contribution in [2.75, 3.05) is 26.7 Å². The molecule has 0 fully saturated rings. The topological polar surface area (TPSA) is 32.7 Å². The summed E-state index contributed by atoms with van der Waals surface area (Å²) < 4.78 is 19.0. The van der Waals surface area contributed by atoms with Crippen molar-refractivity contribution in [3.05, 3.63) is 29.6 Å². The molecule has 0 aromatic heterocycles. The van der Waals surface area contributed by atoms with E-state index in [0.717, 1.165) is 32.5 Å². The largest absolute Gasteiger partial charge is 0.496 e. The van der Waals surface area contributed by atoms with Gasteiger partial charge in [-0.3, -0.25) is 0 Å². The first-order valence-electron chi connectivity index (χ1n) is 7.36. The molecular weight excluding hydrogens is 257 g/mol. The van der Waals surface area contributed by atoms with E-state index in [9.17, 15) is 9.50 Å². The SMILES string of the molecule is CCCCN(CC)CCC(O)c1c(F)cccc1OC. The highest BCUT2D eigenvalue weighted by molar-refractivity contribution is 5.36. The van der Waals surface area contributed by atoms with Crippen LogP contribution in [0.3, 0.4) is 0 Å². The van der Waals surface area contributed by atoms with Gasteiger partial charge in [-0.15, -0.1) is 0 Å². The fourth-order valence-electron chi connectivity index (χ4n) is 2.28. The Morgan fingerprint density at radius 2 is 2.05 bits per heavy atom. The van der Waals surface area contributed by atoms with Gasteiger partial charge in [0.05, 0.1) is 18.8 Å². The van der Waals surface area contributed by atoms with Crippen molar-refractivity contribution in [3.8, 4) is 5.75 Å². The Hall–Kier alpha value is -1.13. The number of methoxy groups -OCH3 is 1. The molecule has 1 unspecified atom stereocenters. The van der Waals surface area contributed by atoms with Crippen molar-refractivity contribution in [1.82, 2.24) is 4.90 Å². The first-order valence-corrected chi connectivity index (χ1v) is 7.36. The van der Waals surface area contributed by atoms with E-state index in [1.807, 2.05) is 0 Å². The molecule has 0 radical (unpaired) electrons. The second-order valence-corrected chi connectivity index (χ2v) is 4.95. The van der Waals surface area contributed by atoms with Gasteiger partial charge < -0.3 is 14.7 Å². The lowest BCUT2D eigenvalue weighted by molar-refractivity contribution is 0.136. The van der Waals surface area contributed by atoms with Gasteiger partial charge in [0.25, 0.3) is 0 Å². The minimum Gasteiger partial charge on any atom is -0.496 e. The molecule has 1 aromatic carbocycles. The van der Waals surface area contributed by atoms with Gasteiger partial charge in [0.1, 0.15) is 11.6 Å². The Balaban J connectivity index is 2.64. The second-order valence-electron chi connectivity index (χ2n) is 4.95. The molecule has 1 aromatic rings. The van der Waals surface area contributed by atoms with Gasteiger partial charge in [-0.05, 0) is 38.1 Å². The number of aliphatic hydroxyl groups is 1. The van der Waals surface area contributed by atoms with Gasteiger partial charge in [0, 0.05) is 6.54 Å². The second kappa shape index (κ2) is 8.93. The van der Waals surface area contributed by atoms with E-state index < -0.39 is 11.9 Å². The van der Waals surface area contributed by atoms with Gasteiger partial charge in [-0.1, -0.05) is 26.3 Å². The molecule has 1 atom stereocenters. The lowest BCUT2D eigenvalue weighted by Gasteiger charge is -2.22. The molecule has 1 rings (SSSR count). The summed E-state index contributed by atoms with van der Waals surface area (Å²) in [6.45, 7) is 6.99. The molecule has 0 saturated carbocycles. The van der Waals surface area contributed by atoms with Crippen LogP contribution in [0.25, 0.3) is 0 Å². The van der Waals surface area contributed by atoms with E-state index in [2.05, 4.69) is 18.7 Å². The third-order valence-electron chi connectivity index (χ3n) is 3.56. The molecule has 0 heterocycles. The summed E-state index contributed by atoms with van der Waals surface area (Å²) in [4.78, 5) is 2.28. The molecule has 3 nitrogen and oxygen atoms in total. The molecule has 0 saturated heterocycles. The van der Waals surface area contributed by atoms with Crippen LogP contribution in [-0.2, 0) is 0 Å². The zero-order chi connectivity index (χ0) is 15.0. The Kier molecular flexibility index (Phi) is 7.55. The third kappa shape index (κ3) is 4.76. The molecule has 0 aliphatic carbocycles. The lowest BCUT2D eigenvalue weighted by Crippen LogP contribution is -2.27. The van der Waals surface area contributed by atoms with Crippen LogP contribution in [0.15, 0.2) is 18.2 Å². The van der Waals surface area contributed by atoms with Crippen LogP contribution < -0.4 is 4.74 Å². The number of unbranched alkanes of at least 4 members (excludes halogenated alkanes) is 1. The highest BCUT2D eigenvalue weighted by atomic mass is 19.1. The molecule has 1 N–H and O–H groups in total. The predicted molar refractivity (Wildman–Crippen MR) is 79.6 cm³/mol. The van der Waals surface area contributed by atoms with Crippen LogP contribution >= 0.6 is 0 Å². The summed E-state index contributed by atoms with van der Waals surface area (Å²) in [5.74, 6) is 0.00237. The van der Waals surface area contributed by atoms with Crippen LogP contribution in [0.5, 0.6) is 5.75 Å². The summed E-state index contributed by atoms with van der Waals surface area (Å²) >= 11 is 0. The molecule has 0 aliphatic heterocycles. The highest BCUT2D eigenvalue weighted by Gasteiger charge is 2.18. The van der Waals surface area contributed by atoms with Crippen molar-refractivity contribution >= 4 is 0 Å². The quantitative estimate of drug-likeness (QED) is 0.754. The Bertz CT molecular complexity index is 398. The lowest BCUT2D eigenvalue weighted by atomic mass is 10.0. The smallest absolute Gasteiger partial charge is 0.132 e. The number of benzene rings is 1. The molecular formula is C16H26FNO2. The van der Waals surface area contributed by atoms with Crippen LogP contribution in [0.4, 0.5) is 4.39 Å². The first-order chi connectivity index (χ1) is 9.63. The van der Waals surface area contributed by atoms with E-state index in [4.69, 9.17) is 4.74 Å². The maximum atomic E-state index is 13.8. The predicted octanol–water partition coefficient (Wildman–Crippen LogP) is 3.38. The summed E-state index contributed by atoms with van der Waals surface area (Å²) in [5, 5.41) is 10.2. The van der Waals surface area contributed by atoms with E-state index in [1.165, 1.54) is 13.2 Å². The van der Waals surface area contributed by atoms with E-state index in [-0.39, 0.29) is 5.56 Å². The third-order valence-corrected chi connectivity index (χ3v) is 3.56. The molecule has 0 amide bonds. The number of halogens is 1. The van der Waals surface area contributed by atoms with Crippen molar-refractivity contribution in [2.24, 2.45) is 0 Å². The average molecular weight is 283 g/mol.